The number of rotatable bonds is 5. The number of carbonyl (C=O) groups excluding carboxylic acids is 1. The molecule has 0 N–H and O–H groups in total. The number of methoxy groups -OCH3 is 3. The molecule has 0 aromatic rings. The Morgan fingerprint density at radius 1 is 1.30 bits per heavy atom. The molecule has 0 fully saturated rings. The summed E-state index contributed by atoms with van der Waals surface area (Å²) in [6, 6.07) is -0.232. The minimum absolute atomic E-state index is 0.132. The van der Waals surface area contributed by atoms with Gasteiger partial charge in [-0.1, -0.05) is 13.8 Å². The molecule has 0 saturated heterocycles. The third-order valence-electron chi connectivity index (χ3n) is 3.45. The zero-order valence-electron chi connectivity index (χ0n) is 13.1. The lowest BCUT2D eigenvalue weighted by molar-refractivity contribution is -0.120. The van der Waals surface area contributed by atoms with E-state index in [9.17, 15) is 4.79 Å². The van der Waals surface area contributed by atoms with Crippen molar-refractivity contribution in [2.24, 2.45) is 15.9 Å². The summed E-state index contributed by atoms with van der Waals surface area (Å²) in [4.78, 5) is 21.2. The van der Waals surface area contributed by atoms with Gasteiger partial charge in [-0.15, -0.1) is 0 Å². The summed E-state index contributed by atoms with van der Waals surface area (Å²) in [6.45, 7) is 5.91. The summed E-state index contributed by atoms with van der Waals surface area (Å²) in [5, 5.41) is 0. The highest BCUT2D eigenvalue weighted by atomic mass is 16.5. The van der Waals surface area contributed by atoms with Gasteiger partial charge in [0.2, 0.25) is 11.8 Å². The normalized spacial score (nSPS) is 26.1. The lowest BCUT2D eigenvalue weighted by Crippen LogP contribution is -2.51. The SMILES string of the molecule is COCC[C@@]1(C(C)=O)N=C(OC)[C@@H](C(C)C)N=C1OC. The number of aliphatic imine (C=N–C) groups is 2. The molecule has 0 spiro atoms. The monoisotopic (exact) mass is 284 g/mol. The molecule has 0 aliphatic carbocycles. The first-order chi connectivity index (χ1) is 9.42. The van der Waals surface area contributed by atoms with Gasteiger partial charge in [0.1, 0.15) is 6.04 Å². The predicted octanol–water partition coefficient (Wildman–Crippen LogP) is 1.48. The van der Waals surface area contributed by atoms with Crippen molar-refractivity contribution in [3.05, 3.63) is 0 Å². The molecule has 20 heavy (non-hydrogen) atoms. The first-order valence-electron chi connectivity index (χ1n) is 6.69. The highest BCUT2D eigenvalue weighted by Gasteiger charge is 2.47. The van der Waals surface area contributed by atoms with Crippen molar-refractivity contribution in [3.63, 3.8) is 0 Å². The zero-order chi connectivity index (χ0) is 15.3. The maximum Gasteiger partial charge on any atom is 0.220 e. The smallest absolute Gasteiger partial charge is 0.220 e. The van der Waals surface area contributed by atoms with E-state index in [1.807, 2.05) is 13.8 Å². The average Bonchev–Trinajstić information content (AvgIpc) is 2.43. The van der Waals surface area contributed by atoms with Crippen LogP contribution in [0, 0.1) is 5.92 Å². The van der Waals surface area contributed by atoms with Crippen LogP contribution < -0.4 is 0 Å². The van der Waals surface area contributed by atoms with Gasteiger partial charge in [0, 0.05) is 20.1 Å². The molecule has 0 saturated carbocycles. The largest absolute Gasteiger partial charge is 0.483 e. The fourth-order valence-electron chi connectivity index (χ4n) is 2.23. The number of carbonyl (C=O) groups is 1. The lowest BCUT2D eigenvalue weighted by atomic mass is 9.88. The van der Waals surface area contributed by atoms with E-state index in [-0.39, 0.29) is 17.7 Å². The van der Waals surface area contributed by atoms with Crippen molar-refractivity contribution in [3.8, 4) is 0 Å². The molecule has 1 aliphatic heterocycles. The van der Waals surface area contributed by atoms with Crippen LogP contribution in [0.1, 0.15) is 27.2 Å². The first-order valence-corrected chi connectivity index (χ1v) is 6.69. The Kier molecular flexibility index (Phi) is 5.68. The highest BCUT2D eigenvalue weighted by Crippen LogP contribution is 2.28. The van der Waals surface area contributed by atoms with Gasteiger partial charge in [-0.05, 0) is 12.8 Å². The van der Waals surface area contributed by atoms with Gasteiger partial charge >= 0.3 is 0 Å². The van der Waals surface area contributed by atoms with Gasteiger partial charge in [0.25, 0.3) is 0 Å². The second-order valence-electron chi connectivity index (χ2n) is 5.14. The standard InChI is InChI=1S/C14H24N2O4/c1-9(2)11-12(19-5)16-14(10(3)17,7-8-18-4)13(15-11)20-6/h9,11H,7-8H2,1-6H3/t11-,14+/m1/s1. The van der Waals surface area contributed by atoms with Crippen LogP contribution in [0.3, 0.4) is 0 Å². The third-order valence-corrected chi connectivity index (χ3v) is 3.45. The predicted molar refractivity (Wildman–Crippen MR) is 77.4 cm³/mol. The van der Waals surface area contributed by atoms with E-state index in [1.165, 1.54) is 14.0 Å². The second-order valence-corrected chi connectivity index (χ2v) is 5.14. The van der Waals surface area contributed by atoms with Gasteiger partial charge in [0.15, 0.2) is 11.3 Å². The highest BCUT2D eigenvalue weighted by molar-refractivity contribution is 6.13. The molecule has 2 atom stereocenters. The summed E-state index contributed by atoms with van der Waals surface area (Å²) in [5.74, 6) is 0.867. The van der Waals surface area contributed by atoms with Crippen LogP contribution >= 0.6 is 0 Å². The van der Waals surface area contributed by atoms with Crippen molar-refractivity contribution in [2.75, 3.05) is 27.9 Å². The fraction of sp³-hybridized carbons (Fsp3) is 0.786. The van der Waals surface area contributed by atoms with E-state index in [1.54, 1.807) is 14.2 Å². The van der Waals surface area contributed by atoms with E-state index in [0.29, 0.717) is 24.8 Å². The van der Waals surface area contributed by atoms with Crippen LogP contribution in [0.2, 0.25) is 0 Å². The molecular formula is C14H24N2O4. The second kappa shape index (κ2) is 6.83. The van der Waals surface area contributed by atoms with Crippen molar-refractivity contribution in [1.82, 2.24) is 0 Å². The van der Waals surface area contributed by atoms with Crippen LogP contribution in [-0.4, -0.2) is 57.1 Å². The number of hydrogen-bond donors (Lipinski definition) is 0. The van der Waals surface area contributed by atoms with Gasteiger partial charge in [-0.2, -0.15) is 0 Å². The molecule has 0 radical (unpaired) electrons. The summed E-state index contributed by atoms with van der Waals surface area (Å²) in [5.41, 5.74) is -1.14. The molecular weight excluding hydrogens is 260 g/mol. The molecule has 0 aromatic heterocycles. The van der Waals surface area contributed by atoms with Gasteiger partial charge < -0.3 is 14.2 Å². The maximum atomic E-state index is 12.2. The number of nitrogens with zero attached hydrogens (tertiary/aromatic N) is 2. The van der Waals surface area contributed by atoms with Gasteiger partial charge in [-0.3, -0.25) is 4.79 Å². The average molecular weight is 284 g/mol. The molecule has 0 aromatic carbocycles. The van der Waals surface area contributed by atoms with E-state index in [0.717, 1.165) is 0 Å². The van der Waals surface area contributed by atoms with Crippen LogP contribution in [0.4, 0.5) is 0 Å². The Balaban J connectivity index is 3.30. The van der Waals surface area contributed by atoms with Crippen molar-refractivity contribution >= 4 is 17.6 Å². The zero-order valence-corrected chi connectivity index (χ0v) is 13.1. The van der Waals surface area contributed by atoms with Crippen LogP contribution in [0.15, 0.2) is 9.98 Å². The lowest BCUT2D eigenvalue weighted by Gasteiger charge is -2.34. The van der Waals surface area contributed by atoms with Gasteiger partial charge in [0.05, 0.1) is 14.2 Å². The Hall–Kier alpha value is -1.43. The number of hydrogen-bond acceptors (Lipinski definition) is 6. The minimum atomic E-state index is -1.14. The van der Waals surface area contributed by atoms with E-state index < -0.39 is 5.54 Å². The number of ketones is 1. The summed E-state index contributed by atoms with van der Waals surface area (Å²) < 4.78 is 15.8. The fourth-order valence-corrected chi connectivity index (χ4v) is 2.23. The van der Waals surface area contributed by atoms with E-state index in [2.05, 4.69) is 9.98 Å². The molecule has 1 heterocycles. The van der Waals surface area contributed by atoms with Crippen LogP contribution in [-0.2, 0) is 19.0 Å². The molecule has 1 aliphatic rings. The molecule has 6 heteroatoms. The Morgan fingerprint density at radius 3 is 2.35 bits per heavy atom. The van der Waals surface area contributed by atoms with Crippen molar-refractivity contribution < 1.29 is 19.0 Å². The molecule has 114 valence electrons. The quantitative estimate of drug-likeness (QED) is 0.766. The van der Waals surface area contributed by atoms with Crippen molar-refractivity contribution in [2.45, 2.75) is 38.8 Å². The molecule has 0 unspecified atom stereocenters. The Bertz CT molecular complexity index is 417. The maximum absolute atomic E-state index is 12.2. The Labute approximate surface area is 120 Å². The first kappa shape index (κ1) is 16.6. The van der Waals surface area contributed by atoms with Crippen LogP contribution in [0.25, 0.3) is 0 Å². The third kappa shape index (κ3) is 3.00. The summed E-state index contributed by atoms with van der Waals surface area (Å²) >= 11 is 0. The summed E-state index contributed by atoms with van der Waals surface area (Å²) in [7, 11) is 4.63. The summed E-state index contributed by atoms with van der Waals surface area (Å²) in [6.07, 6.45) is 0.378. The molecule has 6 nitrogen and oxygen atoms in total. The topological polar surface area (TPSA) is 69.5 Å². The minimum Gasteiger partial charge on any atom is -0.483 e. The van der Waals surface area contributed by atoms with Gasteiger partial charge in [-0.25, -0.2) is 9.98 Å². The van der Waals surface area contributed by atoms with Crippen molar-refractivity contribution in [1.29, 1.82) is 0 Å². The number of ether oxygens (including phenoxy) is 3. The number of Topliss-reactive ketones (excluding diaryl/α,β-unsaturated/α-hetero) is 1. The molecule has 1 rings (SSSR count). The van der Waals surface area contributed by atoms with Crippen LogP contribution in [0.5, 0.6) is 0 Å². The molecule has 0 amide bonds. The Morgan fingerprint density at radius 2 is 1.95 bits per heavy atom. The van der Waals surface area contributed by atoms with E-state index >= 15 is 0 Å². The van der Waals surface area contributed by atoms with E-state index in [4.69, 9.17) is 14.2 Å². The molecule has 0 bridgehead atoms.